The Morgan fingerprint density at radius 3 is 1.15 bits per heavy atom. The van der Waals surface area contributed by atoms with Crippen molar-refractivity contribution in [2.24, 2.45) is 0 Å². The van der Waals surface area contributed by atoms with E-state index in [9.17, 15) is 60.7 Å². The summed E-state index contributed by atoms with van der Waals surface area (Å²) in [5, 5.41) is 107. The van der Waals surface area contributed by atoms with Crippen molar-refractivity contribution in [2.45, 2.75) is 154 Å². The second-order valence-electron chi connectivity index (χ2n) is 15.5. The molecule has 5 rings (SSSR count). The Balaban J connectivity index is 1.32. The molecule has 0 amide bonds. The molecular weight excluding hydrogens is 892 g/mol. The molecule has 0 aliphatic carbocycles. The minimum absolute atomic E-state index is 0.602. The number of aliphatic hydroxyl groups excluding tert-OH is 8. The highest BCUT2D eigenvalue weighted by atomic mass is 16.8. The summed E-state index contributed by atoms with van der Waals surface area (Å²) < 4.78 is 89.9. The van der Waals surface area contributed by atoms with Crippen LogP contribution in [0.15, 0.2) is 0 Å². The maximum Gasteiger partial charge on any atom is 0.335 e. The molecule has 5 aliphatic rings. The lowest BCUT2D eigenvalue weighted by molar-refractivity contribution is -0.391. The molecular formula is C37H62O28. The van der Waals surface area contributed by atoms with Crippen molar-refractivity contribution < 1.29 is 136 Å². The molecule has 65 heavy (non-hydrogen) atoms. The summed E-state index contributed by atoms with van der Waals surface area (Å²) in [7, 11) is 8.46. The number of methoxy groups -OCH3 is 7. The van der Waals surface area contributed by atoms with Crippen LogP contribution in [-0.2, 0) is 85.4 Å². The van der Waals surface area contributed by atoms with Gasteiger partial charge in [-0.25, -0.2) is 9.59 Å². The van der Waals surface area contributed by atoms with Gasteiger partial charge in [0, 0.05) is 49.8 Å². The number of aliphatic hydroxyl groups is 8. The molecule has 0 radical (unpaired) electrons. The van der Waals surface area contributed by atoms with Crippen molar-refractivity contribution in [3.63, 3.8) is 0 Å². The molecule has 5 fully saturated rings. The maximum atomic E-state index is 12.7. The molecule has 0 aromatic carbocycles. The third-order valence-electron chi connectivity index (χ3n) is 11.9. The summed E-state index contributed by atoms with van der Waals surface area (Å²) in [5.74, 6) is -3.32. The van der Waals surface area contributed by atoms with Crippen molar-refractivity contribution in [3.05, 3.63) is 0 Å². The summed E-state index contributed by atoms with van der Waals surface area (Å²) in [5.41, 5.74) is 0. The summed E-state index contributed by atoms with van der Waals surface area (Å²) in [6, 6.07) is 0. The number of carbonyl (C=O) groups is 2. The predicted molar refractivity (Wildman–Crippen MR) is 201 cm³/mol. The number of aliphatic carboxylic acids is 2. The highest BCUT2D eigenvalue weighted by Gasteiger charge is 2.59. The largest absolute Gasteiger partial charge is 0.479 e. The zero-order chi connectivity index (χ0) is 48.0. The average molecular weight is 955 g/mol. The second kappa shape index (κ2) is 24.0. The SMILES string of the molecule is CO[C@H]1O[C@H](CO)[C@@H](O[C@@H]2O[C@@H](C(=O)O)[C@@H](O[C@H]3O[C@H](CO)[C@@H](O[C@@H]4O[C@H](C(=O)O)[C@@H](O[C@H]5O[C@H](CO)[C@@H](OC)[C@H](OC)[C@H]5O)[C@H](OC)[C@H]4OC)[C@H](O)[C@H]3O)[C@H](OC)[C@H]2O)[C@H](OC)[C@H]1O. The van der Waals surface area contributed by atoms with Gasteiger partial charge in [-0.05, 0) is 0 Å². The van der Waals surface area contributed by atoms with Crippen LogP contribution in [0.3, 0.4) is 0 Å². The van der Waals surface area contributed by atoms with Crippen LogP contribution in [0.25, 0.3) is 0 Å². The average Bonchev–Trinajstić information content (AvgIpc) is 3.29. The first-order valence-electron chi connectivity index (χ1n) is 20.3. The molecule has 0 aromatic rings. The van der Waals surface area contributed by atoms with Crippen molar-refractivity contribution in [2.75, 3.05) is 69.6 Å². The van der Waals surface area contributed by atoms with Gasteiger partial charge >= 0.3 is 11.9 Å². The van der Waals surface area contributed by atoms with Crippen LogP contribution < -0.4 is 0 Å². The van der Waals surface area contributed by atoms with Crippen molar-refractivity contribution >= 4 is 11.9 Å². The Bertz CT molecular complexity index is 1480. The standard InChI is InChI=1S/C37H62O28/c1-50-20-12(9-39)59-35(17(44)22(20)51-2)63-27-25(54-5)30(55-6)37(65-29(27)32(48)49)60-19-11(8-38)58-34(15(42)14(19)41)62-26-24(53-4)18(45)36(64-28(26)31(46)47)61-21-13(10-40)57-33(56-7)16(43)23(21)52-3/h11-30,33-45H,8-10H2,1-7H3,(H,46,47)(H,48,49)/t11-,12-,13-,14-,15-,16-,17-,18-,19-,20-,21-,22-,23-,24-,25+,26+,27+,28-,29+,30-,33+,34-,35-,36-,37-/m1/s1. The van der Waals surface area contributed by atoms with Gasteiger partial charge < -0.3 is 127 Å². The number of carboxylic acids is 2. The van der Waals surface area contributed by atoms with Crippen LogP contribution in [0, 0.1) is 0 Å². The summed E-state index contributed by atoms with van der Waals surface area (Å²) in [6.07, 6.45) is -40.1. The van der Waals surface area contributed by atoms with Gasteiger partial charge in [0.2, 0.25) is 0 Å². The van der Waals surface area contributed by atoms with Crippen molar-refractivity contribution in [1.82, 2.24) is 0 Å². The number of hydrogen-bond donors (Lipinski definition) is 10. The minimum atomic E-state index is -2.13. The summed E-state index contributed by atoms with van der Waals surface area (Å²) in [4.78, 5) is 25.4. The lowest BCUT2D eigenvalue weighted by Gasteiger charge is -2.50. The Morgan fingerprint density at radius 2 is 0.692 bits per heavy atom. The van der Waals surface area contributed by atoms with Crippen LogP contribution in [0.5, 0.6) is 0 Å². The number of rotatable bonds is 20. The van der Waals surface area contributed by atoms with E-state index < -0.39 is 185 Å². The van der Waals surface area contributed by atoms with Gasteiger partial charge in [0.15, 0.2) is 43.7 Å². The van der Waals surface area contributed by atoms with Gasteiger partial charge in [0.05, 0.1) is 19.8 Å². The third kappa shape index (κ3) is 11.1. The number of carboxylic acid groups (broad SMARTS) is 2. The van der Waals surface area contributed by atoms with E-state index in [2.05, 4.69) is 0 Å². The summed E-state index contributed by atoms with van der Waals surface area (Å²) in [6.45, 7) is -2.26. The van der Waals surface area contributed by atoms with E-state index in [1.807, 2.05) is 0 Å². The molecule has 28 heteroatoms. The molecule has 0 spiro atoms. The predicted octanol–water partition coefficient (Wildman–Crippen LogP) is -7.16. The number of ether oxygens (including phenoxy) is 16. The van der Waals surface area contributed by atoms with E-state index in [0.717, 1.165) is 7.11 Å². The Hall–Kier alpha value is -2.02. The summed E-state index contributed by atoms with van der Waals surface area (Å²) >= 11 is 0. The molecule has 28 nitrogen and oxygen atoms in total. The van der Waals surface area contributed by atoms with Gasteiger partial charge in [-0.3, -0.25) is 0 Å². The third-order valence-corrected chi connectivity index (χ3v) is 11.9. The van der Waals surface area contributed by atoms with E-state index in [-0.39, 0.29) is 0 Å². The van der Waals surface area contributed by atoms with Gasteiger partial charge in [-0.1, -0.05) is 0 Å². The normalized spacial score (nSPS) is 47.3. The molecule has 378 valence electrons. The first kappa shape index (κ1) is 53.9. The molecule has 0 saturated carbocycles. The monoisotopic (exact) mass is 954 g/mol. The van der Waals surface area contributed by atoms with E-state index in [0.29, 0.717) is 0 Å². The highest BCUT2D eigenvalue weighted by Crippen LogP contribution is 2.38. The Morgan fingerprint density at radius 1 is 0.354 bits per heavy atom. The van der Waals surface area contributed by atoms with Gasteiger partial charge in [0.25, 0.3) is 0 Å². The molecule has 5 saturated heterocycles. The molecule has 25 atom stereocenters. The van der Waals surface area contributed by atoms with Gasteiger partial charge in [-0.2, -0.15) is 0 Å². The fourth-order valence-corrected chi connectivity index (χ4v) is 8.68. The maximum absolute atomic E-state index is 12.7. The van der Waals surface area contributed by atoms with E-state index in [1.165, 1.54) is 42.7 Å². The topological polar surface area (TPSA) is 384 Å². The minimum Gasteiger partial charge on any atom is -0.479 e. The van der Waals surface area contributed by atoms with Crippen LogP contribution in [-0.4, -0.2) is 286 Å². The molecule has 5 aliphatic heterocycles. The first-order valence-corrected chi connectivity index (χ1v) is 20.3. The fraction of sp³-hybridized carbons (Fsp3) is 0.946. The van der Waals surface area contributed by atoms with Crippen LogP contribution >= 0.6 is 0 Å². The van der Waals surface area contributed by atoms with Gasteiger partial charge in [-0.15, -0.1) is 0 Å². The highest BCUT2D eigenvalue weighted by molar-refractivity contribution is 5.74. The number of hydrogen-bond acceptors (Lipinski definition) is 26. The second-order valence-corrected chi connectivity index (χ2v) is 15.5. The van der Waals surface area contributed by atoms with Crippen molar-refractivity contribution in [1.29, 1.82) is 0 Å². The van der Waals surface area contributed by atoms with E-state index in [1.54, 1.807) is 0 Å². The lowest BCUT2D eigenvalue weighted by atomic mass is 9.95. The van der Waals surface area contributed by atoms with Crippen LogP contribution in [0.4, 0.5) is 0 Å². The fourth-order valence-electron chi connectivity index (χ4n) is 8.68. The first-order chi connectivity index (χ1) is 31.0. The van der Waals surface area contributed by atoms with Gasteiger partial charge in [0.1, 0.15) is 110 Å². The molecule has 0 aromatic heterocycles. The van der Waals surface area contributed by atoms with Crippen LogP contribution in [0.2, 0.25) is 0 Å². The Labute approximate surface area is 371 Å². The zero-order valence-electron chi connectivity index (χ0n) is 36.4. The van der Waals surface area contributed by atoms with E-state index >= 15 is 0 Å². The smallest absolute Gasteiger partial charge is 0.335 e. The lowest BCUT2D eigenvalue weighted by Crippen LogP contribution is -2.69. The molecule has 10 N–H and O–H groups in total. The Kier molecular flexibility index (Phi) is 19.9. The molecule has 0 unspecified atom stereocenters. The van der Waals surface area contributed by atoms with Crippen molar-refractivity contribution in [3.8, 4) is 0 Å². The zero-order valence-corrected chi connectivity index (χ0v) is 36.4. The molecule has 0 bridgehead atoms. The molecule has 5 heterocycles. The van der Waals surface area contributed by atoms with Crippen LogP contribution in [0.1, 0.15) is 0 Å². The van der Waals surface area contributed by atoms with E-state index in [4.69, 9.17) is 75.8 Å². The quantitative estimate of drug-likeness (QED) is 0.0542.